The number of esters is 1. The van der Waals surface area contributed by atoms with Gasteiger partial charge in [0.25, 0.3) is 11.6 Å². The molecule has 2 aliphatic rings. The van der Waals surface area contributed by atoms with Gasteiger partial charge in [0, 0.05) is 6.07 Å². The molecule has 160 valence electrons. The number of para-hydroxylation sites is 2. The van der Waals surface area contributed by atoms with Crippen molar-refractivity contribution in [3.63, 3.8) is 0 Å². The molecule has 1 saturated carbocycles. The van der Waals surface area contributed by atoms with Gasteiger partial charge in [-0.15, -0.1) is 0 Å². The predicted molar refractivity (Wildman–Crippen MR) is 104 cm³/mol. The molecule has 0 spiro atoms. The number of carbonyl (C=O) groups excluding carboxylic acids is 4. The molecule has 0 radical (unpaired) electrons. The van der Waals surface area contributed by atoms with Gasteiger partial charge in [-0.25, -0.2) is 4.79 Å². The molecule has 4 atom stereocenters. The van der Waals surface area contributed by atoms with Crippen molar-refractivity contribution in [2.75, 3.05) is 5.32 Å². The first-order chi connectivity index (χ1) is 14.2. The molecule has 1 aliphatic carbocycles. The second-order valence-electron chi connectivity index (χ2n) is 7.56. The number of rotatable bonds is 6. The van der Waals surface area contributed by atoms with Crippen LogP contribution in [0.25, 0.3) is 0 Å². The van der Waals surface area contributed by atoms with E-state index in [2.05, 4.69) is 5.32 Å². The average Bonchev–Trinajstić information content (AvgIpc) is 2.98. The minimum Gasteiger partial charge on any atom is -0.451 e. The number of nitrogens with one attached hydrogen (secondary N) is 1. The summed E-state index contributed by atoms with van der Waals surface area (Å²) < 4.78 is 5.14. The molecular formula is C20H23N3O7. The molecule has 10 nitrogen and oxygen atoms in total. The van der Waals surface area contributed by atoms with Crippen LogP contribution in [-0.4, -0.2) is 45.7 Å². The summed E-state index contributed by atoms with van der Waals surface area (Å²) in [6, 6.07) is 4.41. The number of benzene rings is 1. The van der Waals surface area contributed by atoms with Crippen LogP contribution in [0.15, 0.2) is 24.3 Å². The molecular weight excluding hydrogens is 394 g/mol. The summed E-state index contributed by atoms with van der Waals surface area (Å²) in [7, 11) is 0. The lowest BCUT2D eigenvalue weighted by Crippen LogP contribution is -2.46. The number of carbonyl (C=O) groups is 4. The van der Waals surface area contributed by atoms with E-state index >= 15 is 0 Å². The third-order valence-corrected chi connectivity index (χ3v) is 5.62. The number of nitrogens with zero attached hydrogens (tertiary/aromatic N) is 2. The van der Waals surface area contributed by atoms with Gasteiger partial charge in [-0.1, -0.05) is 25.0 Å². The summed E-state index contributed by atoms with van der Waals surface area (Å²) in [4.78, 5) is 61.4. The number of amides is 3. The first-order valence-corrected chi connectivity index (χ1v) is 9.84. The fraction of sp³-hybridized carbons (Fsp3) is 0.500. The van der Waals surface area contributed by atoms with Crippen molar-refractivity contribution < 1.29 is 28.8 Å². The lowest BCUT2D eigenvalue weighted by Gasteiger charge is -2.23. The second-order valence-corrected chi connectivity index (χ2v) is 7.56. The number of hydrogen-bond acceptors (Lipinski definition) is 7. The van der Waals surface area contributed by atoms with Crippen molar-refractivity contribution in [1.82, 2.24) is 4.90 Å². The quantitative estimate of drug-likeness (QED) is 0.324. The highest BCUT2D eigenvalue weighted by Crippen LogP contribution is 2.39. The lowest BCUT2D eigenvalue weighted by atomic mass is 9.81. The van der Waals surface area contributed by atoms with Crippen LogP contribution in [-0.2, 0) is 23.9 Å². The van der Waals surface area contributed by atoms with Gasteiger partial charge in [-0.05, 0) is 32.8 Å². The maximum atomic E-state index is 12.6. The molecule has 1 aromatic rings. The summed E-state index contributed by atoms with van der Waals surface area (Å²) in [5.41, 5.74) is -0.328. The minimum atomic E-state index is -1.28. The molecule has 0 bridgehead atoms. The summed E-state index contributed by atoms with van der Waals surface area (Å²) in [5, 5.41) is 13.4. The molecule has 0 unspecified atom stereocenters. The zero-order valence-corrected chi connectivity index (χ0v) is 16.7. The first kappa shape index (κ1) is 21.4. The zero-order chi connectivity index (χ0) is 22.0. The van der Waals surface area contributed by atoms with Crippen molar-refractivity contribution in [2.45, 2.75) is 51.7 Å². The summed E-state index contributed by atoms with van der Waals surface area (Å²) in [6.45, 7) is 2.70. The van der Waals surface area contributed by atoms with E-state index in [9.17, 15) is 29.3 Å². The Balaban J connectivity index is 1.64. The number of imide groups is 1. The number of likely N-dealkylation sites (tertiary alicyclic amines) is 1. The molecule has 1 heterocycles. The maximum absolute atomic E-state index is 12.6. The number of ether oxygens (including phenoxy) is 1. The molecule has 30 heavy (non-hydrogen) atoms. The molecule has 0 aromatic heterocycles. The number of nitro benzene ring substituents is 1. The topological polar surface area (TPSA) is 136 Å². The Labute approximate surface area is 172 Å². The Morgan fingerprint density at radius 3 is 2.27 bits per heavy atom. The van der Waals surface area contributed by atoms with Gasteiger partial charge in [0.05, 0.1) is 16.8 Å². The van der Waals surface area contributed by atoms with E-state index in [4.69, 9.17) is 4.74 Å². The SMILES string of the molecule is C[C@@H](OC(=O)[C@H](C)N1C(=O)[C@H]2CCCC[C@H]2C1=O)C(=O)Nc1ccccc1[N+](=O)[O-]. The van der Waals surface area contributed by atoms with Crippen LogP contribution in [0.1, 0.15) is 39.5 Å². The van der Waals surface area contributed by atoms with Crippen LogP contribution in [0.5, 0.6) is 0 Å². The number of fused-ring (bicyclic) bond motifs is 1. The molecule has 3 amide bonds. The van der Waals surface area contributed by atoms with Crippen LogP contribution < -0.4 is 5.32 Å². The fourth-order valence-electron chi connectivity index (χ4n) is 3.97. The third-order valence-electron chi connectivity index (χ3n) is 5.62. The summed E-state index contributed by atoms with van der Waals surface area (Å²) >= 11 is 0. The smallest absolute Gasteiger partial charge is 0.329 e. The highest BCUT2D eigenvalue weighted by Gasteiger charge is 2.51. The van der Waals surface area contributed by atoms with Crippen molar-refractivity contribution in [3.05, 3.63) is 34.4 Å². The average molecular weight is 417 g/mol. The van der Waals surface area contributed by atoms with E-state index in [0.717, 1.165) is 17.7 Å². The van der Waals surface area contributed by atoms with Crippen LogP contribution in [0.4, 0.5) is 11.4 Å². The molecule has 1 N–H and O–H groups in total. The Morgan fingerprint density at radius 1 is 1.13 bits per heavy atom. The first-order valence-electron chi connectivity index (χ1n) is 9.84. The van der Waals surface area contributed by atoms with Crippen molar-refractivity contribution in [1.29, 1.82) is 0 Å². The Morgan fingerprint density at radius 2 is 1.70 bits per heavy atom. The highest BCUT2D eigenvalue weighted by molar-refractivity contribution is 6.08. The van der Waals surface area contributed by atoms with Gasteiger partial charge in [0.1, 0.15) is 11.7 Å². The van der Waals surface area contributed by atoms with Crippen LogP contribution in [0.2, 0.25) is 0 Å². The van der Waals surface area contributed by atoms with Gasteiger partial charge >= 0.3 is 5.97 Å². The summed E-state index contributed by atoms with van der Waals surface area (Å²) in [5.74, 6) is -3.17. The van der Waals surface area contributed by atoms with E-state index in [-0.39, 0.29) is 35.0 Å². The number of anilines is 1. The lowest BCUT2D eigenvalue weighted by molar-refractivity contribution is -0.383. The maximum Gasteiger partial charge on any atom is 0.329 e. The van der Waals surface area contributed by atoms with Crippen LogP contribution >= 0.6 is 0 Å². The summed E-state index contributed by atoms with van der Waals surface area (Å²) in [6.07, 6.45) is 1.71. The van der Waals surface area contributed by atoms with E-state index in [0.29, 0.717) is 12.8 Å². The number of nitro groups is 1. The van der Waals surface area contributed by atoms with Gasteiger partial charge < -0.3 is 10.1 Å². The predicted octanol–water partition coefficient (Wildman–Crippen LogP) is 2.03. The third kappa shape index (κ3) is 4.03. The zero-order valence-electron chi connectivity index (χ0n) is 16.7. The van der Waals surface area contributed by atoms with Gasteiger partial charge in [0.2, 0.25) is 11.8 Å². The van der Waals surface area contributed by atoms with E-state index in [1.54, 1.807) is 0 Å². The normalized spacial score (nSPS) is 22.8. The molecule has 1 aliphatic heterocycles. The van der Waals surface area contributed by atoms with E-state index in [1.807, 2.05) is 0 Å². The van der Waals surface area contributed by atoms with Crippen LogP contribution in [0, 0.1) is 22.0 Å². The van der Waals surface area contributed by atoms with Gasteiger partial charge in [-0.3, -0.25) is 29.4 Å². The highest BCUT2D eigenvalue weighted by atomic mass is 16.6. The largest absolute Gasteiger partial charge is 0.451 e. The molecule has 2 fully saturated rings. The molecule has 3 rings (SSSR count). The van der Waals surface area contributed by atoms with Crippen molar-refractivity contribution in [3.8, 4) is 0 Å². The molecule has 10 heteroatoms. The molecule has 1 aromatic carbocycles. The number of hydrogen-bond donors (Lipinski definition) is 1. The molecule has 1 saturated heterocycles. The standard InChI is InChI=1S/C20H23N3O7/c1-11(22-18(25)13-7-3-4-8-14(13)19(22)26)20(27)30-12(2)17(24)21-15-9-5-6-10-16(15)23(28)29/h5-6,9-14H,3-4,7-8H2,1-2H3,(H,21,24)/t11-,12+,13-,14+/m0/s1. The fourth-order valence-corrected chi connectivity index (χ4v) is 3.97. The Kier molecular flexibility index (Phi) is 6.14. The van der Waals surface area contributed by atoms with Crippen molar-refractivity contribution in [2.24, 2.45) is 11.8 Å². The van der Waals surface area contributed by atoms with Crippen molar-refractivity contribution >= 4 is 35.1 Å². The van der Waals surface area contributed by atoms with E-state index in [1.165, 1.54) is 38.1 Å². The Bertz CT molecular complexity index is 876. The van der Waals surface area contributed by atoms with Gasteiger partial charge in [-0.2, -0.15) is 0 Å². The monoisotopic (exact) mass is 417 g/mol. The second kappa shape index (κ2) is 8.60. The van der Waals surface area contributed by atoms with Crippen LogP contribution in [0.3, 0.4) is 0 Å². The van der Waals surface area contributed by atoms with E-state index < -0.39 is 28.9 Å². The van der Waals surface area contributed by atoms with Gasteiger partial charge in [0.15, 0.2) is 6.10 Å². The minimum absolute atomic E-state index is 0.0302. The Hall–Kier alpha value is -3.30.